The largest absolute Gasteiger partial charge is 0.373 e. The van der Waals surface area contributed by atoms with Crippen molar-refractivity contribution >= 4 is 17.4 Å². The van der Waals surface area contributed by atoms with Crippen LogP contribution in [0.3, 0.4) is 0 Å². The fourth-order valence-corrected chi connectivity index (χ4v) is 2.19. The molecule has 0 spiro atoms. The van der Waals surface area contributed by atoms with Crippen molar-refractivity contribution in [3.8, 4) is 0 Å². The van der Waals surface area contributed by atoms with E-state index in [4.69, 9.17) is 4.74 Å². The van der Waals surface area contributed by atoms with Crippen molar-refractivity contribution in [2.45, 2.75) is 6.42 Å². The van der Waals surface area contributed by atoms with Crippen molar-refractivity contribution in [1.82, 2.24) is 15.5 Å². The van der Waals surface area contributed by atoms with Crippen LogP contribution in [0.1, 0.15) is 11.1 Å². The standard InChI is InChI=1S/C16H14F2N4O/c1-10-13-4-6-19-22-16(13)21-15(20-10)9-23-7-5-11-8-12(17)2-3-14(11)18/h2-4,6,8H,1,5,7,9H2,(H,20,21,22). The molecular weight excluding hydrogens is 302 g/mol. The molecule has 2 heterocycles. The number of halogens is 2. The second-order valence-corrected chi connectivity index (χ2v) is 4.97. The molecular formula is C16H14F2N4O. The monoisotopic (exact) mass is 316 g/mol. The van der Waals surface area contributed by atoms with Crippen LogP contribution in [-0.2, 0) is 11.2 Å². The minimum atomic E-state index is -0.466. The van der Waals surface area contributed by atoms with Gasteiger partial charge in [-0.3, -0.25) is 0 Å². The molecule has 2 aromatic rings. The van der Waals surface area contributed by atoms with E-state index in [-0.39, 0.29) is 25.2 Å². The minimum absolute atomic E-state index is 0.186. The number of nitrogens with zero attached hydrogens (tertiary/aromatic N) is 3. The van der Waals surface area contributed by atoms with Crippen LogP contribution in [0.15, 0.2) is 42.0 Å². The van der Waals surface area contributed by atoms with Crippen LogP contribution in [0, 0.1) is 11.6 Å². The summed E-state index contributed by atoms with van der Waals surface area (Å²) < 4.78 is 32.0. The SMILES string of the molecule is C=C1NC(COCCc2cc(F)ccc2F)=Nc2nnccc21. The van der Waals surface area contributed by atoms with E-state index < -0.39 is 11.6 Å². The summed E-state index contributed by atoms with van der Waals surface area (Å²) in [6.07, 6.45) is 1.84. The van der Waals surface area contributed by atoms with Gasteiger partial charge in [0.1, 0.15) is 24.1 Å². The van der Waals surface area contributed by atoms with Gasteiger partial charge in [0.2, 0.25) is 0 Å². The highest BCUT2D eigenvalue weighted by Crippen LogP contribution is 2.23. The highest BCUT2D eigenvalue weighted by molar-refractivity contribution is 5.97. The zero-order chi connectivity index (χ0) is 16.2. The molecule has 0 amide bonds. The third-order valence-electron chi connectivity index (χ3n) is 3.32. The summed E-state index contributed by atoms with van der Waals surface area (Å²) in [7, 11) is 0. The number of rotatable bonds is 5. The number of nitrogens with one attached hydrogen (secondary N) is 1. The van der Waals surface area contributed by atoms with Crippen LogP contribution in [0.4, 0.5) is 14.6 Å². The van der Waals surface area contributed by atoms with Gasteiger partial charge in [-0.15, -0.1) is 5.10 Å². The third-order valence-corrected chi connectivity index (χ3v) is 3.32. The summed E-state index contributed by atoms with van der Waals surface area (Å²) in [5.74, 6) is 0.112. The van der Waals surface area contributed by atoms with Crippen molar-refractivity contribution < 1.29 is 13.5 Å². The molecule has 0 fully saturated rings. The molecule has 0 saturated carbocycles. The quantitative estimate of drug-likeness (QED) is 0.862. The second-order valence-electron chi connectivity index (χ2n) is 4.97. The molecule has 0 aliphatic carbocycles. The molecule has 5 nitrogen and oxygen atoms in total. The smallest absolute Gasteiger partial charge is 0.185 e. The fraction of sp³-hybridized carbons (Fsp3) is 0.188. The predicted octanol–water partition coefficient (Wildman–Crippen LogP) is 2.62. The maximum atomic E-state index is 13.5. The van der Waals surface area contributed by atoms with E-state index in [0.29, 0.717) is 17.4 Å². The highest BCUT2D eigenvalue weighted by Gasteiger charge is 2.15. The molecule has 1 aliphatic rings. The number of aromatic nitrogens is 2. The Hall–Kier alpha value is -2.67. The van der Waals surface area contributed by atoms with E-state index in [1.54, 1.807) is 12.3 Å². The molecule has 1 aliphatic heterocycles. The number of ether oxygens (including phenoxy) is 1. The number of hydrogen-bond donors (Lipinski definition) is 1. The molecule has 1 aromatic carbocycles. The molecule has 1 aromatic heterocycles. The molecule has 118 valence electrons. The Morgan fingerprint density at radius 3 is 2.96 bits per heavy atom. The lowest BCUT2D eigenvalue weighted by molar-refractivity contribution is 0.173. The molecule has 0 unspecified atom stereocenters. The van der Waals surface area contributed by atoms with Gasteiger partial charge >= 0.3 is 0 Å². The molecule has 7 heteroatoms. The lowest BCUT2D eigenvalue weighted by Gasteiger charge is -2.18. The van der Waals surface area contributed by atoms with Gasteiger partial charge in [-0.1, -0.05) is 6.58 Å². The van der Waals surface area contributed by atoms with E-state index in [1.165, 1.54) is 6.07 Å². The van der Waals surface area contributed by atoms with Crippen LogP contribution in [0.5, 0.6) is 0 Å². The Balaban J connectivity index is 1.57. The Morgan fingerprint density at radius 2 is 2.09 bits per heavy atom. The maximum absolute atomic E-state index is 13.5. The van der Waals surface area contributed by atoms with Gasteiger partial charge in [0.05, 0.1) is 12.8 Å². The van der Waals surface area contributed by atoms with Gasteiger partial charge in [-0.25, -0.2) is 13.8 Å². The average molecular weight is 316 g/mol. The topological polar surface area (TPSA) is 59.4 Å². The number of amidine groups is 1. The summed E-state index contributed by atoms with van der Waals surface area (Å²) in [6, 6.07) is 5.13. The van der Waals surface area contributed by atoms with Crippen molar-refractivity contribution in [2.75, 3.05) is 13.2 Å². The molecule has 0 bridgehead atoms. The van der Waals surface area contributed by atoms with Gasteiger partial charge in [-0.05, 0) is 36.2 Å². The summed E-state index contributed by atoms with van der Waals surface area (Å²) in [5.41, 5.74) is 1.73. The first-order valence-electron chi connectivity index (χ1n) is 7.01. The third kappa shape index (κ3) is 3.57. The molecule has 0 atom stereocenters. The minimum Gasteiger partial charge on any atom is -0.373 e. The van der Waals surface area contributed by atoms with Crippen molar-refractivity contribution in [3.05, 3.63) is 59.8 Å². The van der Waals surface area contributed by atoms with Crippen LogP contribution < -0.4 is 5.32 Å². The van der Waals surface area contributed by atoms with Gasteiger partial charge in [0.15, 0.2) is 5.82 Å². The van der Waals surface area contributed by atoms with Crippen LogP contribution in [0.25, 0.3) is 5.70 Å². The number of fused-ring (bicyclic) bond motifs is 1. The number of hydrogen-bond acceptors (Lipinski definition) is 5. The first kappa shape index (κ1) is 15.2. The molecule has 0 saturated heterocycles. The van der Waals surface area contributed by atoms with E-state index in [9.17, 15) is 8.78 Å². The van der Waals surface area contributed by atoms with E-state index >= 15 is 0 Å². The summed E-state index contributed by atoms with van der Waals surface area (Å²) in [6.45, 7) is 4.32. The lowest BCUT2D eigenvalue weighted by Crippen LogP contribution is -2.29. The summed E-state index contributed by atoms with van der Waals surface area (Å²) in [4.78, 5) is 4.28. The Bertz CT molecular complexity index is 776. The van der Waals surface area contributed by atoms with Crippen LogP contribution >= 0.6 is 0 Å². The van der Waals surface area contributed by atoms with Crippen molar-refractivity contribution in [1.29, 1.82) is 0 Å². The number of aliphatic imine (C=N–C) groups is 1. The zero-order valence-electron chi connectivity index (χ0n) is 12.2. The molecule has 3 rings (SSSR count). The van der Waals surface area contributed by atoms with Gasteiger partial charge < -0.3 is 10.1 Å². The zero-order valence-corrected chi connectivity index (χ0v) is 12.2. The van der Waals surface area contributed by atoms with Crippen molar-refractivity contribution in [3.63, 3.8) is 0 Å². The molecule has 0 radical (unpaired) electrons. The average Bonchev–Trinajstić information content (AvgIpc) is 2.55. The van der Waals surface area contributed by atoms with E-state index in [1.807, 2.05) is 0 Å². The maximum Gasteiger partial charge on any atom is 0.185 e. The molecule has 1 N–H and O–H groups in total. The van der Waals surface area contributed by atoms with Crippen LogP contribution in [-0.4, -0.2) is 29.2 Å². The van der Waals surface area contributed by atoms with Crippen molar-refractivity contribution in [2.24, 2.45) is 4.99 Å². The van der Waals surface area contributed by atoms with Crippen LogP contribution in [0.2, 0.25) is 0 Å². The van der Waals surface area contributed by atoms with Gasteiger partial charge in [0, 0.05) is 11.3 Å². The lowest BCUT2D eigenvalue weighted by atomic mass is 10.1. The predicted molar refractivity (Wildman–Crippen MR) is 82.2 cm³/mol. The normalized spacial score (nSPS) is 13.3. The summed E-state index contributed by atoms with van der Waals surface area (Å²) >= 11 is 0. The first-order chi connectivity index (χ1) is 11.1. The highest BCUT2D eigenvalue weighted by atomic mass is 19.1. The first-order valence-corrected chi connectivity index (χ1v) is 7.01. The van der Waals surface area contributed by atoms with Gasteiger partial charge in [-0.2, -0.15) is 5.10 Å². The summed E-state index contributed by atoms with van der Waals surface area (Å²) in [5, 5.41) is 10.7. The molecule has 23 heavy (non-hydrogen) atoms. The fourth-order valence-electron chi connectivity index (χ4n) is 2.19. The number of benzene rings is 1. The van der Waals surface area contributed by atoms with E-state index in [2.05, 4.69) is 27.1 Å². The second kappa shape index (κ2) is 6.62. The Morgan fingerprint density at radius 1 is 1.22 bits per heavy atom. The Labute approximate surface area is 131 Å². The Kier molecular flexibility index (Phi) is 4.38. The van der Waals surface area contributed by atoms with E-state index in [0.717, 1.165) is 17.7 Å². The van der Waals surface area contributed by atoms with Gasteiger partial charge in [0.25, 0.3) is 0 Å².